The van der Waals surface area contributed by atoms with Gasteiger partial charge in [0.15, 0.2) is 5.82 Å². The van der Waals surface area contributed by atoms with Crippen LogP contribution in [0.15, 0.2) is 28.8 Å². The number of ether oxygens (including phenoxy) is 2. The van der Waals surface area contributed by atoms with Crippen molar-refractivity contribution in [2.45, 2.75) is 104 Å². The summed E-state index contributed by atoms with van der Waals surface area (Å²) in [5, 5.41) is 6.81. The smallest absolute Gasteiger partial charge is 0.408 e. The van der Waals surface area contributed by atoms with Crippen LogP contribution in [0.1, 0.15) is 91.0 Å². The maximum atomic E-state index is 13.5. The molecule has 0 aliphatic carbocycles. The van der Waals surface area contributed by atoms with Gasteiger partial charge in [-0.1, -0.05) is 38.1 Å². The molecule has 1 aromatic heterocycles. The number of nitrogens with two attached hydrogens (primary N) is 1. The van der Waals surface area contributed by atoms with Crippen LogP contribution in [0.3, 0.4) is 0 Å². The summed E-state index contributed by atoms with van der Waals surface area (Å²) < 4.78 is 17.0. The van der Waals surface area contributed by atoms with E-state index in [9.17, 15) is 14.4 Å². The fraction of sp³-hybridized carbons (Fsp3) is 0.667. The summed E-state index contributed by atoms with van der Waals surface area (Å²) in [5.41, 5.74) is 5.67. The molecule has 12 heteroatoms. The van der Waals surface area contributed by atoms with Crippen LogP contribution in [0.5, 0.6) is 5.75 Å². The molecule has 3 heterocycles. The highest BCUT2D eigenvalue weighted by Crippen LogP contribution is 2.30. The molecule has 12 nitrogen and oxygen atoms in total. The minimum atomic E-state index is -0.907. The molecule has 0 spiro atoms. The molecule has 3 N–H and O–H groups in total. The summed E-state index contributed by atoms with van der Waals surface area (Å²) in [6.45, 7) is 14.5. The number of carbonyl (C=O) groups is 3. The fourth-order valence-corrected chi connectivity index (χ4v) is 5.98. The molecular weight excluding hydrogens is 576 g/mol. The molecule has 0 saturated carbocycles. The number of aromatic nitrogens is 2. The largest absolute Gasteiger partial charge is 0.494 e. The van der Waals surface area contributed by atoms with Crippen molar-refractivity contribution in [3.05, 3.63) is 35.7 Å². The summed E-state index contributed by atoms with van der Waals surface area (Å²) in [5.74, 6) is 1.97. The molecule has 2 fully saturated rings. The molecule has 2 aliphatic heterocycles. The molecule has 3 amide bonds. The molecule has 0 unspecified atom stereocenters. The number of benzene rings is 1. The Hall–Kier alpha value is -3.83. The second-order valence-electron chi connectivity index (χ2n) is 13.7. The highest BCUT2D eigenvalue weighted by Gasteiger charge is 2.37. The number of amides is 3. The third kappa shape index (κ3) is 9.58. The summed E-state index contributed by atoms with van der Waals surface area (Å²) >= 11 is 0. The predicted octanol–water partition coefficient (Wildman–Crippen LogP) is 4.43. The quantitative estimate of drug-likeness (QED) is 0.348. The third-order valence-corrected chi connectivity index (χ3v) is 8.62. The molecule has 0 radical (unpaired) electrons. The van der Waals surface area contributed by atoms with E-state index in [1.54, 1.807) is 20.8 Å². The number of nitrogens with one attached hydrogen (secondary N) is 1. The van der Waals surface area contributed by atoms with Crippen LogP contribution in [-0.4, -0.2) is 76.9 Å². The lowest BCUT2D eigenvalue weighted by Crippen LogP contribution is -2.54. The van der Waals surface area contributed by atoms with Crippen molar-refractivity contribution < 1.29 is 28.4 Å². The first kappa shape index (κ1) is 34.1. The maximum absolute atomic E-state index is 13.5. The molecule has 248 valence electrons. The Morgan fingerprint density at radius 1 is 1.07 bits per heavy atom. The van der Waals surface area contributed by atoms with E-state index in [4.69, 9.17) is 19.7 Å². The van der Waals surface area contributed by atoms with E-state index in [0.717, 1.165) is 49.5 Å². The zero-order valence-corrected chi connectivity index (χ0v) is 27.6. The Morgan fingerprint density at radius 3 is 2.36 bits per heavy atom. The van der Waals surface area contributed by atoms with Crippen LogP contribution in [0.25, 0.3) is 0 Å². The molecule has 2 aromatic rings. The fourth-order valence-electron chi connectivity index (χ4n) is 5.98. The van der Waals surface area contributed by atoms with Gasteiger partial charge < -0.3 is 34.8 Å². The molecule has 0 bridgehead atoms. The van der Waals surface area contributed by atoms with Gasteiger partial charge in [-0.15, -0.1) is 0 Å². The standard InChI is InChI=1S/C33H50N6O6/c1-21(2)29-36-31(45-37-29)38-17-13-24(14-18-38)22(3)15-19-43-25-11-9-23(10-12-25)20-26(35-32(42)44-33(4,5)6)30(41)39-16-7-8-27(39)28(34)40/h9-12,21-22,24,26-27H,7-8,13-20H2,1-6H3,(H2,34,40)(H,35,42)/t22-,26+,27+/m1/s1. The highest BCUT2D eigenvalue weighted by atomic mass is 16.6. The minimum absolute atomic E-state index is 0.235. The first-order valence-electron chi connectivity index (χ1n) is 16.2. The highest BCUT2D eigenvalue weighted by molar-refractivity contribution is 5.91. The first-order valence-corrected chi connectivity index (χ1v) is 16.2. The van der Waals surface area contributed by atoms with E-state index in [2.05, 4.69) is 41.1 Å². The number of rotatable bonds is 12. The van der Waals surface area contributed by atoms with E-state index in [1.807, 2.05) is 24.3 Å². The Bertz CT molecular complexity index is 1280. The number of hydrogen-bond donors (Lipinski definition) is 2. The number of nitrogens with zero attached hydrogens (tertiary/aromatic N) is 4. The van der Waals surface area contributed by atoms with Gasteiger partial charge in [0.05, 0.1) is 6.61 Å². The van der Waals surface area contributed by atoms with Crippen molar-refractivity contribution in [3.8, 4) is 5.75 Å². The average molecular weight is 627 g/mol. The summed E-state index contributed by atoms with van der Waals surface area (Å²) in [6.07, 6.45) is 3.83. The Balaban J connectivity index is 1.27. The monoisotopic (exact) mass is 626 g/mol. The van der Waals surface area contributed by atoms with Gasteiger partial charge in [-0.25, -0.2) is 4.79 Å². The van der Waals surface area contributed by atoms with Crippen molar-refractivity contribution in [1.29, 1.82) is 0 Å². The lowest BCUT2D eigenvalue weighted by molar-refractivity contribution is -0.139. The van der Waals surface area contributed by atoms with Crippen LogP contribution in [0, 0.1) is 11.8 Å². The lowest BCUT2D eigenvalue weighted by atomic mass is 9.84. The SMILES string of the molecule is CC(C)c1noc(N2CCC([C@H](C)CCOc3ccc(C[C@H](NC(=O)OC(C)(C)C)C(=O)N4CCC[C@H]4C(N)=O)cc3)CC2)n1. The molecular formula is C33H50N6O6. The second-order valence-corrected chi connectivity index (χ2v) is 13.7. The third-order valence-electron chi connectivity index (χ3n) is 8.62. The maximum Gasteiger partial charge on any atom is 0.408 e. The molecule has 4 rings (SSSR count). The van der Waals surface area contributed by atoms with Gasteiger partial charge in [0.25, 0.3) is 0 Å². The molecule has 2 saturated heterocycles. The van der Waals surface area contributed by atoms with E-state index in [0.29, 0.717) is 43.8 Å². The normalized spacial score (nSPS) is 19.0. The summed E-state index contributed by atoms with van der Waals surface area (Å²) in [6, 6.07) is 6.59. The van der Waals surface area contributed by atoms with Crippen LogP contribution in [-0.2, 0) is 20.7 Å². The van der Waals surface area contributed by atoms with Crippen molar-refractivity contribution in [2.24, 2.45) is 17.6 Å². The Kier molecular flexibility index (Phi) is 11.3. The molecule has 2 aliphatic rings. The van der Waals surface area contributed by atoms with Gasteiger partial charge in [-0.2, -0.15) is 4.98 Å². The minimum Gasteiger partial charge on any atom is -0.494 e. The van der Waals surface area contributed by atoms with E-state index >= 15 is 0 Å². The zero-order valence-electron chi connectivity index (χ0n) is 27.6. The number of carbonyl (C=O) groups excluding carboxylic acids is 3. The number of likely N-dealkylation sites (tertiary alicyclic amines) is 1. The Labute approximate surface area is 266 Å². The number of hydrogen-bond acceptors (Lipinski definition) is 9. The van der Waals surface area contributed by atoms with Crippen LogP contribution < -0.4 is 20.7 Å². The number of alkyl carbamates (subject to hydrolysis) is 1. The van der Waals surface area contributed by atoms with E-state index in [-0.39, 0.29) is 18.2 Å². The van der Waals surface area contributed by atoms with Crippen molar-refractivity contribution >= 4 is 23.9 Å². The topological polar surface area (TPSA) is 153 Å². The second kappa shape index (κ2) is 15.0. The number of anilines is 1. The molecule has 45 heavy (non-hydrogen) atoms. The number of piperidine rings is 1. The van der Waals surface area contributed by atoms with Crippen LogP contribution >= 0.6 is 0 Å². The summed E-state index contributed by atoms with van der Waals surface area (Å²) in [4.78, 5) is 46.2. The van der Waals surface area contributed by atoms with Crippen molar-refractivity contribution in [3.63, 3.8) is 0 Å². The Morgan fingerprint density at radius 2 is 1.76 bits per heavy atom. The van der Waals surface area contributed by atoms with Gasteiger partial charge in [-0.05, 0) is 82.4 Å². The van der Waals surface area contributed by atoms with E-state index < -0.39 is 29.7 Å². The van der Waals surface area contributed by atoms with Crippen LogP contribution in [0.2, 0.25) is 0 Å². The molecule has 1 aromatic carbocycles. The number of primary amides is 1. The van der Waals surface area contributed by atoms with Gasteiger partial charge in [0.1, 0.15) is 23.4 Å². The van der Waals surface area contributed by atoms with Gasteiger partial charge >= 0.3 is 12.1 Å². The van der Waals surface area contributed by atoms with Crippen molar-refractivity contribution in [2.75, 3.05) is 31.1 Å². The predicted molar refractivity (Wildman–Crippen MR) is 170 cm³/mol. The summed E-state index contributed by atoms with van der Waals surface area (Å²) in [7, 11) is 0. The average Bonchev–Trinajstić information content (AvgIpc) is 3.67. The molecule has 3 atom stereocenters. The van der Waals surface area contributed by atoms with Crippen molar-refractivity contribution in [1.82, 2.24) is 20.4 Å². The van der Waals surface area contributed by atoms with Gasteiger partial charge in [0, 0.05) is 32.0 Å². The lowest BCUT2D eigenvalue weighted by Gasteiger charge is -2.33. The van der Waals surface area contributed by atoms with Gasteiger partial charge in [0.2, 0.25) is 11.8 Å². The van der Waals surface area contributed by atoms with Gasteiger partial charge in [-0.3, -0.25) is 9.59 Å². The zero-order chi connectivity index (χ0) is 32.7. The van der Waals surface area contributed by atoms with Crippen LogP contribution in [0.4, 0.5) is 10.8 Å². The first-order chi connectivity index (χ1) is 21.3. The van der Waals surface area contributed by atoms with E-state index in [1.165, 1.54) is 4.90 Å².